The third-order valence-corrected chi connectivity index (χ3v) is 4.07. The first-order valence-electron chi connectivity index (χ1n) is 7.52. The lowest BCUT2D eigenvalue weighted by atomic mass is 10.1. The predicted octanol–water partition coefficient (Wildman–Crippen LogP) is 2.59. The summed E-state index contributed by atoms with van der Waals surface area (Å²) in [6.45, 7) is 6.24. The molecule has 5 heteroatoms. The molecule has 1 fully saturated rings. The van der Waals surface area contributed by atoms with Gasteiger partial charge in [0.2, 0.25) is 0 Å². The number of piperazine rings is 1. The Morgan fingerprint density at radius 2 is 1.95 bits per heavy atom. The van der Waals surface area contributed by atoms with Gasteiger partial charge in [-0.1, -0.05) is 0 Å². The molecule has 1 aromatic heterocycles. The minimum Gasteiger partial charge on any atom is -0.459 e. The number of carbonyl (C=O) groups is 1. The maximum absolute atomic E-state index is 12.0. The molecule has 1 aliphatic heterocycles. The molecule has 5 nitrogen and oxygen atoms in total. The molecule has 1 amide bonds. The van der Waals surface area contributed by atoms with Crippen LogP contribution in [0.2, 0.25) is 0 Å². The van der Waals surface area contributed by atoms with Crippen molar-refractivity contribution in [2.45, 2.75) is 6.92 Å². The van der Waals surface area contributed by atoms with E-state index < -0.39 is 0 Å². The summed E-state index contributed by atoms with van der Waals surface area (Å²) in [6, 6.07) is 9.52. The van der Waals surface area contributed by atoms with E-state index in [2.05, 4.69) is 34.3 Å². The van der Waals surface area contributed by atoms with Crippen LogP contribution in [0.1, 0.15) is 16.1 Å². The van der Waals surface area contributed by atoms with Crippen LogP contribution < -0.4 is 10.2 Å². The predicted molar refractivity (Wildman–Crippen MR) is 87.6 cm³/mol. The zero-order valence-corrected chi connectivity index (χ0v) is 13.0. The molecule has 3 rings (SSSR count). The summed E-state index contributed by atoms with van der Waals surface area (Å²) < 4.78 is 5.11. The van der Waals surface area contributed by atoms with Gasteiger partial charge < -0.3 is 19.5 Å². The number of hydrogen-bond donors (Lipinski definition) is 1. The van der Waals surface area contributed by atoms with E-state index >= 15 is 0 Å². The highest BCUT2D eigenvalue weighted by atomic mass is 16.3. The number of aryl methyl sites for hydroxylation is 1. The van der Waals surface area contributed by atoms with Gasteiger partial charge >= 0.3 is 0 Å². The van der Waals surface area contributed by atoms with Gasteiger partial charge in [-0.15, -0.1) is 0 Å². The molecule has 0 spiro atoms. The maximum Gasteiger partial charge on any atom is 0.291 e. The fourth-order valence-corrected chi connectivity index (χ4v) is 2.64. The van der Waals surface area contributed by atoms with E-state index in [1.54, 1.807) is 12.1 Å². The Morgan fingerprint density at radius 3 is 2.59 bits per heavy atom. The number of rotatable bonds is 3. The molecule has 116 valence electrons. The van der Waals surface area contributed by atoms with Crippen molar-refractivity contribution in [2.75, 3.05) is 43.4 Å². The van der Waals surface area contributed by atoms with Crippen LogP contribution in [0.25, 0.3) is 0 Å². The lowest BCUT2D eigenvalue weighted by molar-refractivity contribution is 0.0996. The quantitative estimate of drug-likeness (QED) is 0.946. The average molecular weight is 299 g/mol. The van der Waals surface area contributed by atoms with Crippen LogP contribution in [-0.4, -0.2) is 44.0 Å². The fraction of sp³-hybridized carbons (Fsp3) is 0.353. The number of amides is 1. The topological polar surface area (TPSA) is 48.7 Å². The van der Waals surface area contributed by atoms with E-state index in [9.17, 15) is 4.79 Å². The number of furan rings is 1. The molecule has 0 aliphatic carbocycles. The number of nitrogens with zero attached hydrogens (tertiary/aromatic N) is 2. The normalized spacial score (nSPS) is 15.8. The van der Waals surface area contributed by atoms with Crippen molar-refractivity contribution in [3.63, 3.8) is 0 Å². The van der Waals surface area contributed by atoms with Crippen molar-refractivity contribution in [1.29, 1.82) is 0 Å². The van der Waals surface area contributed by atoms with E-state index in [1.165, 1.54) is 12.0 Å². The molecule has 0 bridgehead atoms. The SMILES string of the molecule is Cc1cc(N2CCN(C)CC2)ccc1NC(=O)c1ccco1. The lowest BCUT2D eigenvalue weighted by Gasteiger charge is -2.34. The summed E-state index contributed by atoms with van der Waals surface area (Å²) in [6.07, 6.45) is 1.50. The zero-order chi connectivity index (χ0) is 15.5. The highest BCUT2D eigenvalue weighted by Crippen LogP contribution is 2.24. The number of hydrogen-bond acceptors (Lipinski definition) is 4. The Bertz CT molecular complexity index is 644. The third kappa shape index (κ3) is 3.14. The largest absolute Gasteiger partial charge is 0.459 e. The van der Waals surface area contributed by atoms with Gasteiger partial charge in [0.1, 0.15) is 0 Å². The number of nitrogens with one attached hydrogen (secondary N) is 1. The summed E-state index contributed by atoms with van der Waals surface area (Å²) in [5.74, 6) is 0.1000. The second-order valence-electron chi connectivity index (χ2n) is 5.72. The first-order valence-corrected chi connectivity index (χ1v) is 7.52. The van der Waals surface area contributed by atoms with Crippen molar-refractivity contribution in [3.8, 4) is 0 Å². The summed E-state index contributed by atoms with van der Waals surface area (Å²) in [7, 11) is 2.15. The molecular weight excluding hydrogens is 278 g/mol. The van der Waals surface area contributed by atoms with Crippen molar-refractivity contribution in [3.05, 3.63) is 47.9 Å². The molecule has 1 aliphatic rings. The van der Waals surface area contributed by atoms with Crippen LogP contribution in [-0.2, 0) is 0 Å². The molecule has 2 aromatic rings. The molecule has 0 atom stereocenters. The average Bonchev–Trinajstić information content (AvgIpc) is 3.04. The van der Waals surface area contributed by atoms with Gasteiger partial charge in [-0.3, -0.25) is 4.79 Å². The second kappa shape index (κ2) is 6.23. The molecule has 0 radical (unpaired) electrons. The number of benzene rings is 1. The molecule has 1 aromatic carbocycles. The Hall–Kier alpha value is -2.27. The summed E-state index contributed by atoms with van der Waals surface area (Å²) in [4.78, 5) is 16.7. The standard InChI is InChI=1S/C17H21N3O2/c1-13-12-14(20-9-7-19(2)8-10-20)5-6-15(13)18-17(21)16-4-3-11-22-16/h3-6,11-12H,7-10H2,1-2H3,(H,18,21). The molecule has 0 unspecified atom stereocenters. The van der Waals surface area contributed by atoms with Crippen molar-refractivity contribution < 1.29 is 9.21 Å². The van der Waals surface area contributed by atoms with E-state index in [4.69, 9.17) is 4.42 Å². The minimum absolute atomic E-state index is 0.222. The molecule has 22 heavy (non-hydrogen) atoms. The van der Waals surface area contributed by atoms with Crippen LogP contribution in [0.15, 0.2) is 41.0 Å². The van der Waals surface area contributed by atoms with Gasteiger partial charge in [0.25, 0.3) is 5.91 Å². The Kier molecular flexibility index (Phi) is 4.15. The molecule has 0 saturated carbocycles. The number of carbonyl (C=O) groups excluding carboxylic acids is 1. The molecule has 1 saturated heterocycles. The third-order valence-electron chi connectivity index (χ3n) is 4.07. The summed E-state index contributed by atoms with van der Waals surface area (Å²) in [5, 5.41) is 2.89. The van der Waals surface area contributed by atoms with E-state index in [1.807, 2.05) is 13.0 Å². The zero-order valence-electron chi connectivity index (χ0n) is 13.0. The summed E-state index contributed by atoms with van der Waals surface area (Å²) in [5.41, 5.74) is 3.08. The van der Waals surface area contributed by atoms with Crippen molar-refractivity contribution in [2.24, 2.45) is 0 Å². The van der Waals surface area contributed by atoms with Crippen LogP contribution in [0.3, 0.4) is 0 Å². The van der Waals surface area contributed by atoms with Gasteiger partial charge in [-0.05, 0) is 49.9 Å². The lowest BCUT2D eigenvalue weighted by Crippen LogP contribution is -2.44. The Balaban J connectivity index is 1.71. The van der Waals surface area contributed by atoms with Gasteiger partial charge in [-0.2, -0.15) is 0 Å². The highest BCUT2D eigenvalue weighted by molar-refractivity contribution is 6.02. The second-order valence-corrected chi connectivity index (χ2v) is 5.72. The van der Waals surface area contributed by atoms with Gasteiger partial charge in [0.05, 0.1) is 6.26 Å². The van der Waals surface area contributed by atoms with Gasteiger partial charge in [-0.25, -0.2) is 0 Å². The number of likely N-dealkylation sites (N-methyl/N-ethyl adjacent to an activating group) is 1. The molecule has 1 N–H and O–H groups in total. The molecular formula is C17H21N3O2. The highest BCUT2D eigenvalue weighted by Gasteiger charge is 2.16. The van der Waals surface area contributed by atoms with E-state index in [-0.39, 0.29) is 5.91 Å². The Morgan fingerprint density at radius 1 is 1.18 bits per heavy atom. The molecule has 2 heterocycles. The van der Waals surface area contributed by atoms with Gasteiger partial charge in [0.15, 0.2) is 5.76 Å². The minimum atomic E-state index is -0.222. The van der Waals surface area contributed by atoms with E-state index in [0.29, 0.717) is 5.76 Å². The number of anilines is 2. The fourth-order valence-electron chi connectivity index (χ4n) is 2.64. The van der Waals surface area contributed by atoms with E-state index in [0.717, 1.165) is 37.4 Å². The smallest absolute Gasteiger partial charge is 0.291 e. The first-order chi connectivity index (χ1) is 10.6. The Labute approximate surface area is 130 Å². The van der Waals surface area contributed by atoms with Crippen LogP contribution in [0.4, 0.5) is 11.4 Å². The van der Waals surface area contributed by atoms with Crippen LogP contribution in [0.5, 0.6) is 0 Å². The van der Waals surface area contributed by atoms with Crippen LogP contribution >= 0.6 is 0 Å². The first kappa shape index (κ1) is 14.7. The monoisotopic (exact) mass is 299 g/mol. The maximum atomic E-state index is 12.0. The van der Waals surface area contributed by atoms with Gasteiger partial charge in [0, 0.05) is 37.6 Å². The summed E-state index contributed by atoms with van der Waals surface area (Å²) >= 11 is 0. The van der Waals surface area contributed by atoms with Crippen molar-refractivity contribution in [1.82, 2.24) is 4.90 Å². The van der Waals surface area contributed by atoms with Crippen molar-refractivity contribution >= 4 is 17.3 Å². The van der Waals surface area contributed by atoms with Crippen LogP contribution in [0, 0.1) is 6.92 Å².